The predicted molar refractivity (Wildman–Crippen MR) is 71.5 cm³/mol. The summed E-state index contributed by atoms with van der Waals surface area (Å²) in [5, 5.41) is 0. The third-order valence-electron chi connectivity index (χ3n) is 4.09. The summed E-state index contributed by atoms with van der Waals surface area (Å²) in [5.74, 6) is 0.251. The van der Waals surface area contributed by atoms with Crippen LogP contribution in [-0.4, -0.2) is 61.1 Å². The summed E-state index contributed by atoms with van der Waals surface area (Å²) in [7, 11) is 1.76. The Hall–Kier alpha value is -0.610. The van der Waals surface area contributed by atoms with Crippen molar-refractivity contribution in [2.75, 3.05) is 33.4 Å². The van der Waals surface area contributed by atoms with Crippen LogP contribution in [0.3, 0.4) is 0 Å². The van der Waals surface area contributed by atoms with Gasteiger partial charge in [0.05, 0.1) is 0 Å². The van der Waals surface area contributed by atoms with Gasteiger partial charge >= 0.3 is 0 Å². The molecule has 0 aromatic heterocycles. The lowest BCUT2D eigenvalue weighted by Crippen LogP contribution is -2.43. The average Bonchev–Trinajstić information content (AvgIpc) is 3.08. The number of carbonyl (C=O) groups is 1. The summed E-state index contributed by atoms with van der Waals surface area (Å²) in [4.78, 5) is 16.3. The number of carbonyl (C=O) groups excluding carboxylic acids is 1. The summed E-state index contributed by atoms with van der Waals surface area (Å²) >= 11 is 0. The lowest BCUT2D eigenvalue weighted by atomic mass is 10.2. The van der Waals surface area contributed by atoms with Crippen LogP contribution in [0.1, 0.15) is 39.0 Å². The van der Waals surface area contributed by atoms with Crippen molar-refractivity contribution in [3.63, 3.8) is 0 Å². The van der Waals surface area contributed by atoms with Gasteiger partial charge in [0.2, 0.25) is 5.91 Å². The fraction of sp³-hybridized carbons (Fsp3) is 0.929. The minimum absolute atomic E-state index is 0.251. The third kappa shape index (κ3) is 3.69. The standard InChI is InChI=1S/C14H26N2O2/c1-12(17)16(13-6-7-13)11-14-5-3-8-15(14)9-4-10-18-2/h13-14H,3-11H2,1-2H3/t14-/m0/s1. The maximum atomic E-state index is 11.7. The molecule has 0 radical (unpaired) electrons. The second-order valence-electron chi connectivity index (χ2n) is 5.58. The van der Waals surface area contributed by atoms with Crippen LogP contribution in [0.2, 0.25) is 0 Å². The van der Waals surface area contributed by atoms with E-state index in [9.17, 15) is 4.79 Å². The number of methoxy groups -OCH3 is 1. The van der Waals surface area contributed by atoms with Gasteiger partial charge < -0.3 is 9.64 Å². The Bertz CT molecular complexity index is 279. The highest BCUT2D eigenvalue weighted by Crippen LogP contribution is 2.29. The fourth-order valence-corrected chi connectivity index (χ4v) is 2.96. The molecule has 0 aromatic carbocycles. The van der Waals surface area contributed by atoms with Gasteiger partial charge in [-0.2, -0.15) is 0 Å². The minimum Gasteiger partial charge on any atom is -0.385 e. The van der Waals surface area contributed by atoms with E-state index in [0.29, 0.717) is 12.1 Å². The molecule has 18 heavy (non-hydrogen) atoms. The van der Waals surface area contributed by atoms with Crippen LogP contribution < -0.4 is 0 Å². The number of hydrogen-bond donors (Lipinski definition) is 0. The lowest BCUT2D eigenvalue weighted by Gasteiger charge is -2.30. The van der Waals surface area contributed by atoms with Crippen molar-refractivity contribution < 1.29 is 9.53 Å². The number of ether oxygens (including phenoxy) is 1. The van der Waals surface area contributed by atoms with E-state index < -0.39 is 0 Å². The molecule has 1 saturated heterocycles. The molecule has 0 bridgehead atoms. The van der Waals surface area contributed by atoms with Crippen LogP contribution >= 0.6 is 0 Å². The van der Waals surface area contributed by atoms with Crippen molar-refractivity contribution in [3.8, 4) is 0 Å². The van der Waals surface area contributed by atoms with Gasteiger partial charge in [-0.25, -0.2) is 0 Å². The molecule has 0 spiro atoms. The van der Waals surface area contributed by atoms with E-state index in [-0.39, 0.29) is 5.91 Å². The zero-order valence-corrected chi connectivity index (χ0v) is 11.7. The molecule has 2 aliphatic rings. The molecule has 2 rings (SSSR count). The van der Waals surface area contributed by atoms with E-state index in [2.05, 4.69) is 9.80 Å². The molecule has 1 aliphatic heterocycles. The molecule has 1 heterocycles. The molecular weight excluding hydrogens is 228 g/mol. The topological polar surface area (TPSA) is 32.8 Å². The largest absolute Gasteiger partial charge is 0.385 e. The molecule has 104 valence electrons. The molecule has 4 nitrogen and oxygen atoms in total. The molecule has 0 aromatic rings. The Kier molecular flexibility index (Phi) is 5.01. The van der Waals surface area contributed by atoms with Crippen LogP contribution in [0.25, 0.3) is 0 Å². The number of rotatable bonds is 7. The van der Waals surface area contributed by atoms with Crippen molar-refractivity contribution >= 4 is 5.91 Å². The summed E-state index contributed by atoms with van der Waals surface area (Å²) in [5.41, 5.74) is 0. The van der Waals surface area contributed by atoms with E-state index in [1.54, 1.807) is 14.0 Å². The van der Waals surface area contributed by atoms with Gasteiger partial charge in [0.1, 0.15) is 0 Å². The third-order valence-corrected chi connectivity index (χ3v) is 4.09. The first-order valence-electron chi connectivity index (χ1n) is 7.22. The smallest absolute Gasteiger partial charge is 0.219 e. The highest BCUT2D eigenvalue weighted by molar-refractivity contribution is 5.74. The highest BCUT2D eigenvalue weighted by Gasteiger charge is 2.34. The quantitative estimate of drug-likeness (QED) is 0.645. The van der Waals surface area contributed by atoms with E-state index in [1.165, 1.54) is 32.2 Å². The molecule has 1 saturated carbocycles. The van der Waals surface area contributed by atoms with E-state index in [1.807, 2.05) is 0 Å². The highest BCUT2D eigenvalue weighted by atomic mass is 16.5. The Labute approximate surface area is 110 Å². The monoisotopic (exact) mass is 254 g/mol. The van der Waals surface area contributed by atoms with Crippen LogP contribution in [0.15, 0.2) is 0 Å². The van der Waals surface area contributed by atoms with Gasteiger partial charge in [-0.1, -0.05) is 0 Å². The number of hydrogen-bond acceptors (Lipinski definition) is 3. The zero-order chi connectivity index (χ0) is 13.0. The summed E-state index contributed by atoms with van der Waals surface area (Å²) in [6.45, 7) is 5.78. The maximum Gasteiger partial charge on any atom is 0.219 e. The van der Waals surface area contributed by atoms with Gasteiger partial charge in [0.25, 0.3) is 0 Å². The Balaban J connectivity index is 1.80. The first-order chi connectivity index (χ1) is 8.72. The van der Waals surface area contributed by atoms with Gasteiger partial charge in [-0.3, -0.25) is 9.69 Å². The second kappa shape index (κ2) is 6.53. The molecule has 2 fully saturated rings. The molecule has 0 N–H and O–H groups in total. The summed E-state index contributed by atoms with van der Waals surface area (Å²) in [6.07, 6.45) is 6.01. The Morgan fingerprint density at radius 2 is 2.17 bits per heavy atom. The molecule has 1 atom stereocenters. The Morgan fingerprint density at radius 1 is 1.39 bits per heavy atom. The van der Waals surface area contributed by atoms with Crippen LogP contribution in [0, 0.1) is 0 Å². The molecular formula is C14H26N2O2. The predicted octanol–water partition coefficient (Wildman–Crippen LogP) is 1.50. The van der Waals surface area contributed by atoms with E-state index in [4.69, 9.17) is 4.74 Å². The fourth-order valence-electron chi connectivity index (χ4n) is 2.96. The van der Waals surface area contributed by atoms with Gasteiger partial charge in [-0.05, 0) is 38.6 Å². The second-order valence-corrected chi connectivity index (χ2v) is 5.58. The van der Waals surface area contributed by atoms with Crippen molar-refractivity contribution in [2.24, 2.45) is 0 Å². The first-order valence-corrected chi connectivity index (χ1v) is 7.22. The number of amides is 1. The average molecular weight is 254 g/mol. The van der Waals surface area contributed by atoms with Crippen molar-refractivity contribution in [1.29, 1.82) is 0 Å². The normalized spacial score (nSPS) is 24.4. The van der Waals surface area contributed by atoms with Gasteiger partial charge in [0, 0.05) is 45.8 Å². The number of nitrogens with zero attached hydrogens (tertiary/aromatic N) is 2. The molecule has 1 aliphatic carbocycles. The van der Waals surface area contributed by atoms with Crippen molar-refractivity contribution in [1.82, 2.24) is 9.80 Å². The summed E-state index contributed by atoms with van der Waals surface area (Å²) in [6, 6.07) is 1.12. The van der Waals surface area contributed by atoms with Gasteiger partial charge in [0.15, 0.2) is 0 Å². The van der Waals surface area contributed by atoms with Crippen LogP contribution in [0.4, 0.5) is 0 Å². The van der Waals surface area contributed by atoms with E-state index >= 15 is 0 Å². The van der Waals surface area contributed by atoms with Crippen LogP contribution in [0.5, 0.6) is 0 Å². The number of likely N-dealkylation sites (tertiary alicyclic amines) is 1. The maximum absolute atomic E-state index is 11.7. The zero-order valence-electron chi connectivity index (χ0n) is 11.7. The lowest BCUT2D eigenvalue weighted by molar-refractivity contribution is -0.130. The van der Waals surface area contributed by atoms with Crippen molar-refractivity contribution in [3.05, 3.63) is 0 Å². The molecule has 0 unspecified atom stereocenters. The molecule has 1 amide bonds. The van der Waals surface area contributed by atoms with Gasteiger partial charge in [-0.15, -0.1) is 0 Å². The van der Waals surface area contributed by atoms with Crippen molar-refractivity contribution in [2.45, 2.75) is 51.1 Å². The minimum atomic E-state index is 0.251. The SMILES string of the molecule is COCCCN1CCC[C@H]1CN(C(C)=O)C1CC1. The molecule has 4 heteroatoms. The van der Waals surface area contributed by atoms with E-state index in [0.717, 1.165) is 26.1 Å². The first kappa shape index (κ1) is 13.8. The van der Waals surface area contributed by atoms with Crippen LogP contribution in [-0.2, 0) is 9.53 Å². The summed E-state index contributed by atoms with van der Waals surface area (Å²) < 4.78 is 5.11. The Morgan fingerprint density at radius 3 is 2.78 bits per heavy atom.